The molecule has 2 bridgehead atoms. The topological polar surface area (TPSA) is 52.6 Å². The molecule has 0 spiro atoms. The van der Waals surface area contributed by atoms with Crippen LogP contribution >= 0.6 is 0 Å². The molecule has 4 unspecified atom stereocenters. The van der Waals surface area contributed by atoms with Crippen LogP contribution in [0.25, 0.3) is 0 Å². The summed E-state index contributed by atoms with van der Waals surface area (Å²) in [7, 11) is 0. The number of ether oxygens (including phenoxy) is 2. The molecule has 0 heterocycles. The first-order valence-electron chi connectivity index (χ1n) is 8.91. The van der Waals surface area contributed by atoms with Gasteiger partial charge in [0.05, 0.1) is 25.0 Å². The summed E-state index contributed by atoms with van der Waals surface area (Å²) in [6, 6.07) is 0. The second-order valence-electron chi connectivity index (χ2n) is 7.52. The van der Waals surface area contributed by atoms with Gasteiger partial charge in [-0.05, 0) is 19.3 Å². The number of hydrogen-bond donors (Lipinski definition) is 0. The molecule has 1 saturated carbocycles. The average Bonchev–Trinajstić information content (AvgIpc) is 2.93. The van der Waals surface area contributed by atoms with E-state index in [1.165, 1.54) is 0 Å². The summed E-state index contributed by atoms with van der Waals surface area (Å²) in [5, 5.41) is 0. The molecule has 1 fully saturated rings. The van der Waals surface area contributed by atoms with Crippen molar-refractivity contribution in [3.63, 3.8) is 0 Å². The van der Waals surface area contributed by atoms with Crippen LogP contribution in [-0.2, 0) is 19.1 Å². The van der Waals surface area contributed by atoms with E-state index in [9.17, 15) is 9.59 Å². The first-order valence-corrected chi connectivity index (χ1v) is 8.91. The Morgan fingerprint density at radius 3 is 1.65 bits per heavy atom. The van der Waals surface area contributed by atoms with Gasteiger partial charge >= 0.3 is 11.9 Å². The van der Waals surface area contributed by atoms with Crippen molar-refractivity contribution in [3.05, 3.63) is 12.2 Å². The van der Waals surface area contributed by atoms with E-state index in [2.05, 4.69) is 39.8 Å². The molecule has 0 N–H and O–H groups in total. The van der Waals surface area contributed by atoms with Gasteiger partial charge in [0.15, 0.2) is 0 Å². The Morgan fingerprint density at radius 2 is 1.30 bits per heavy atom. The normalized spacial score (nSPS) is 34.6. The summed E-state index contributed by atoms with van der Waals surface area (Å²) in [5.74, 6) is -1.34. The van der Waals surface area contributed by atoms with Crippen LogP contribution in [0.15, 0.2) is 12.2 Å². The number of carbonyl (C=O) groups is 2. The molecule has 0 aliphatic heterocycles. The molecule has 4 nitrogen and oxygen atoms in total. The number of rotatable bonds is 8. The highest BCUT2D eigenvalue weighted by Crippen LogP contribution is 2.63. The standard InChI is InChI=1S/C19H30O4/c1-5-7-11-22-16(20)14-15(17(21)23-12-8-6-2)19(4)10-9-18(14,3)13-19/h9-10,14-15H,5-8,11-13H2,1-4H3. The maximum absolute atomic E-state index is 12.6. The fourth-order valence-corrected chi connectivity index (χ4v) is 4.13. The molecule has 4 heteroatoms. The second-order valence-corrected chi connectivity index (χ2v) is 7.52. The van der Waals surface area contributed by atoms with Crippen molar-refractivity contribution in [3.8, 4) is 0 Å². The smallest absolute Gasteiger partial charge is 0.310 e. The van der Waals surface area contributed by atoms with Crippen molar-refractivity contribution in [1.82, 2.24) is 0 Å². The maximum Gasteiger partial charge on any atom is 0.310 e. The minimum Gasteiger partial charge on any atom is -0.465 e. The van der Waals surface area contributed by atoms with E-state index < -0.39 is 11.8 Å². The molecule has 0 aromatic rings. The summed E-state index contributed by atoms with van der Waals surface area (Å²) in [6.45, 7) is 9.09. The van der Waals surface area contributed by atoms with Gasteiger partial charge in [-0.1, -0.05) is 52.7 Å². The fraction of sp³-hybridized carbons (Fsp3) is 0.789. The summed E-state index contributed by atoms with van der Waals surface area (Å²) in [6.07, 6.45) is 8.66. The highest BCUT2D eigenvalue weighted by atomic mass is 16.5. The van der Waals surface area contributed by atoms with Gasteiger partial charge in [-0.2, -0.15) is 0 Å². The number of fused-ring (bicyclic) bond motifs is 2. The van der Waals surface area contributed by atoms with Crippen LogP contribution < -0.4 is 0 Å². The largest absolute Gasteiger partial charge is 0.465 e. The quantitative estimate of drug-likeness (QED) is 0.386. The first-order chi connectivity index (χ1) is 10.9. The predicted molar refractivity (Wildman–Crippen MR) is 88.7 cm³/mol. The number of carbonyl (C=O) groups excluding carboxylic acids is 2. The van der Waals surface area contributed by atoms with Crippen LogP contribution in [0.2, 0.25) is 0 Å². The number of allylic oxidation sites excluding steroid dienone is 2. The highest BCUT2D eigenvalue weighted by molar-refractivity contribution is 5.86. The van der Waals surface area contributed by atoms with Crippen LogP contribution in [0.5, 0.6) is 0 Å². The van der Waals surface area contributed by atoms with Gasteiger partial charge < -0.3 is 9.47 Å². The van der Waals surface area contributed by atoms with Gasteiger partial charge in [0.1, 0.15) is 0 Å². The van der Waals surface area contributed by atoms with Crippen LogP contribution in [0.3, 0.4) is 0 Å². The molecule has 2 aliphatic rings. The molecule has 0 saturated heterocycles. The second kappa shape index (κ2) is 7.06. The third-order valence-corrected chi connectivity index (χ3v) is 5.35. The Labute approximate surface area is 139 Å². The molecule has 0 amide bonds. The molecule has 0 radical (unpaired) electrons. The zero-order valence-corrected chi connectivity index (χ0v) is 14.9. The summed E-state index contributed by atoms with van der Waals surface area (Å²) in [4.78, 5) is 25.3. The Hall–Kier alpha value is -1.32. The summed E-state index contributed by atoms with van der Waals surface area (Å²) < 4.78 is 10.9. The molecule has 130 valence electrons. The summed E-state index contributed by atoms with van der Waals surface area (Å²) in [5.41, 5.74) is -0.598. The van der Waals surface area contributed by atoms with E-state index in [-0.39, 0.29) is 22.8 Å². The van der Waals surface area contributed by atoms with Gasteiger partial charge in [-0.3, -0.25) is 9.59 Å². The maximum atomic E-state index is 12.6. The van der Waals surface area contributed by atoms with Crippen LogP contribution in [0.4, 0.5) is 0 Å². The van der Waals surface area contributed by atoms with Crippen LogP contribution in [-0.4, -0.2) is 25.2 Å². The van der Waals surface area contributed by atoms with Gasteiger partial charge in [0, 0.05) is 10.8 Å². The lowest BCUT2D eigenvalue weighted by Gasteiger charge is -2.33. The molecule has 2 rings (SSSR count). The SMILES string of the molecule is CCCCOC(=O)C1C(C(=O)OCCCC)C2(C)C=CC1(C)C2. The van der Waals surface area contributed by atoms with Crippen molar-refractivity contribution >= 4 is 11.9 Å². The van der Waals surface area contributed by atoms with Crippen molar-refractivity contribution in [2.45, 2.75) is 59.8 Å². The zero-order valence-electron chi connectivity index (χ0n) is 14.9. The fourth-order valence-electron chi connectivity index (χ4n) is 4.13. The lowest BCUT2D eigenvalue weighted by molar-refractivity contribution is -0.164. The molecule has 4 atom stereocenters. The van der Waals surface area contributed by atoms with E-state index in [1.807, 2.05) is 0 Å². The Balaban J connectivity index is 2.14. The zero-order chi connectivity index (χ0) is 17.1. The Bertz CT molecular complexity index is 442. The van der Waals surface area contributed by atoms with Crippen LogP contribution in [0, 0.1) is 22.7 Å². The lowest BCUT2D eigenvalue weighted by atomic mass is 9.71. The molecular weight excluding hydrogens is 292 g/mol. The molecule has 2 aliphatic carbocycles. The van der Waals surface area contributed by atoms with Gasteiger partial charge in [-0.25, -0.2) is 0 Å². The van der Waals surface area contributed by atoms with E-state index >= 15 is 0 Å². The Morgan fingerprint density at radius 1 is 0.913 bits per heavy atom. The van der Waals surface area contributed by atoms with E-state index in [1.54, 1.807) is 0 Å². The lowest BCUT2D eigenvalue weighted by Crippen LogP contribution is -2.41. The van der Waals surface area contributed by atoms with Gasteiger partial charge in [-0.15, -0.1) is 0 Å². The van der Waals surface area contributed by atoms with E-state index in [0.29, 0.717) is 13.2 Å². The molecule has 23 heavy (non-hydrogen) atoms. The highest BCUT2D eigenvalue weighted by Gasteiger charge is 2.64. The third-order valence-electron chi connectivity index (χ3n) is 5.35. The average molecular weight is 322 g/mol. The minimum absolute atomic E-state index is 0.244. The van der Waals surface area contributed by atoms with Crippen molar-refractivity contribution in [1.29, 1.82) is 0 Å². The number of hydrogen-bond acceptors (Lipinski definition) is 4. The number of esters is 2. The predicted octanol–water partition coefficient (Wildman–Crippen LogP) is 3.89. The van der Waals surface area contributed by atoms with Crippen molar-refractivity contribution < 1.29 is 19.1 Å². The van der Waals surface area contributed by atoms with Crippen molar-refractivity contribution in [2.24, 2.45) is 22.7 Å². The van der Waals surface area contributed by atoms with Crippen molar-refractivity contribution in [2.75, 3.05) is 13.2 Å². The van der Waals surface area contributed by atoms with Gasteiger partial charge in [0.25, 0.3) is 0 Å². The van der Waals surface area contributed by atoms with E-state index in [0.717, 1.165) is 32.1 Å². The van der Waals surface area contributed by atoms with E-state index in [4.69, 9.17) is 9.47 Å². The molecule has 0 aromatic heterocycles. The van der Waals surface area contributed by atoms with Gasteiger partial charge in [0.2, 0.25) is 0 Å². The number of unbranched alkanes of at least 4 members (excludes halogenated alkanes) is 2. The molecular formula is C19H30O4. The summed E-state index contributed by atoms with van der Waals surface area (Å²) >= 11 is 0. The monoisotopic (exact) mass is 322 g/mol. The Kier molecular flexibility index (Phi) is 5.53. The van der Waals surface area contributed by atoms with Crippen LogP contribution in [0.1, 0.15) is 59.8 Å². The first kappa shape index (κ1) is 18.0. The molecule has 0 aromatic carbocycles. The third kappa shape index (κ3) is 3.46. The minimum atomic E-state index is -0.427.